The number of carbonyl (C=O) groups is 1. The first-order valence-electron chi connectivity index (χ1n) is 6.93. The minimum Gasteiger partial charge on any atom is -0.484 e. The zero-order valence-electron chi connectivity index (χ0n) is 12.2. The molecule has 23 heavy (non-hydrogen) atoms. The zero-order chi connectivity index (χ0) is 16.7. The number of hydroxylamine groups is 2. The Balaban J connectivity index is 2.05. The number of amides is 1. The highest BCUT2D eigenvalue weighted by molar-refractivity contribution is 5.77. The average Bonchev–Trinajstić information content (AvgIpc) is 2.58. The molecule has 0 aliphatic rings. The van der Waals surface area contributed by atoms with E-state index in [4.69, 9.17) is 4.74 Å². The van der Waals surface area contributed by atoms with Crippen LogP contribution in [0.3, 0.4) is 0 Å². The second-order valence-corrected chi connectivity index (χ2v) is 4.78. The van der Waals surface area contributed by atoms with Crippen molar-refractivity contribution in [1.29, 1.82) is 0 Å². The minimum absolute atomic E-state index is 0.362. The van der Waals surface area contributed by atoms with E-state index in [1.165, 1.54) is 0 Å². The normalized spacial score (nSPS) is 11.5. The molecular weight excluding hydrogens is 300 g/mol. The van der Waals surface area contributed by atoms with Gasteiger partial charge in [-0.25, -0.2) is 5.06 Å². The van der Waals surface area contributed by atoms with E-state index in [2.05, 4.69) is 0 Å². The molecule has 0 aliphatic carbocycles. The van der Waals surface area contributed by atoms with E-state index in [0.717, 1.165) is 0 Å². The molecule has 1 N–H and O–H groups in total. The molecular formula is C16H16N2O5. The fourth-order valence-corrected chi connectivity index (χ4v) is 2.04. The van der Waals surface area contributed by atoms with Gasteiger partial charge in [0, 0.05) is 4.92 Å². The van der Waals surface area contributed by atoms with Crippen molar-refractivity contribution in [2.24, 2.45) is 0 Å². The van der Waals surface area contributed by atoms with Crippen LogP contribution in [0.5, 0.6) is 5.75 Å². The molecule has 0 bridgehead atoms. The van der Waals surface area contributed by atoms with Gasteiger partial charge in [-0.05, 0) is 17.7 Å². The van der Waals surface area contributed by atoms with Crippen molar-refractivity contribution in [3.8, 4) is 5.75 Å². The molecule has 120 valence electrons. The maximum absolute atomic E-state index is 12.0. The Bertz CT molecular complexity index is 648. The Morgan fingerprint density at radius 1 is 1.13 bits per heavy atom. The summed E-state index contributed by atoms with van der Waals surface area (Å²) < 4.78 is 5.26. The first-order valence-corrected chi connectivity index (χ1v) is 6.93. The van der Waals surface area contributed by atoms with E-state index in [9.17, 15) is 20.1 Å². The van der Waals surface area contributed by atoms with Gasteiger partial charge in [0.05, 0.1) is 0 Å². The molecule has 1 amide bonds. The average molecular weight is 316 g/mol. The van der Waals surface area contributed by atoms with Crippen molar-refractivity contribution in [2.45, 2.75) is 6.04 Å². The Morgan fingerprint density at radius 3 is 2.26 bits per heavy atom. The van der Waals surface area contributed by atoms with E-state index in [-0.39, 0.29) is 0 Å². The second kappa shape index (κ2) is 7.90. The number of rotatable bonds is 7. The standard InChI is InChI=1S/C16H16N2O5/c19-16(12-23-14-9-5-2-6-10-14)18(22)15(11-17(20)21)13-7-3-1-4-8-13/h1-10,15,22H,11-12H2/t15-/m0/s1. The van der Waals surface area contributed by atoms with Gasteiger partial charge in [0.1, 0.15) is 11.8 Å². The topological polar surface area (TPSA) is 92.9 Å². The Hall–Kier alpha value is -2.93. The molecule has 2 aromatic rings. The van der Waals surface area contributed by atoms with Gasteiger partial charge in [0.15, 0.2) is 6.61 Å². The van der Waals surface area contributed by atoms with Crippen molar-refractivity contribution >= 4 is 5.91 Å². The van der Waals surface area contributed by atoms with Crippen molar-refractivity contribution in [3.63, 3.8) is 0 Å². The maximum atomic E-state index is 12.0. The Morgan fingerprint density at radius 2 is 1.70 bits per heavy atom. The van der Waals surface area contributed by atoms with Crippen LogP contribution in [0.15, 0.2) is 60.7 Å². The summed E-state index contributed by atoms with van der Waals surface area (Å²) in [5.74, 6) is -0.288. The molecule has 0 saturated carbocycles. The van der Waals surface area contributed by atoms with Gasteiger partial charge in [-0.3, -0.25) is 20.1 Å². The maximum Gasteiger partial charge on any atom is 0.284 e. The fourth-order valence-electron chi connectivity index (χ4n) is 2.04. The fraction of sp³-hybridized carbons (Fsp3) is 0.188. The first-order chi connectivity index (χ1) is 11.1. The van der Waals surface area contributed by atoms with Gasteiger partial charge >= 0.3 is 0 Å². The quantitative estimate of drug-likeness (QED) is 0.480. The molecule has 7 heteroatoms. The van der Waals surface area contributed by atoms with Gasteiger partial charge in [-0.1, -0.05) is 48.5 Å². The molecule has 0 fully saturated rings. The zero-order valence-corrected chi connectivity index (χ0v) is 12.2. The summed E-state index contributed by atoms with van der Waals surface area (Å²) in [7, 11) is 0. The monoisotopic (exact) mass is 316 g/mol. The summed E-state index contributed by atoms with van der Waals surface area (Å²) in [4.78, 5) is 22.3. The van der Waals surface area contributed by atoms with Gasteiger partial charge in [0.25, 0.3) is 5.91 Å². The Kier molecular flexibility index (Phi) is 5.65. The highest BCUT2D eigenvalue weighted by Gasteiger charge is 2.28. The molecule has 0 unspecified atom stereocenters. The summed E-state index contributed by atoms with van der Waals surface area (Å²) in [6.07, 6.45) is 0. The highest BCUT2D eigenvalue weighted by Crippen LogP contribution is 2.20. The van der Waals surface area contributed by atoms with Crippen LogP contribution in [0, 0.1) is 10.1 Å². The molecule has 0 spiro atoms. The third kappa shape index (κ3) is 4.79. The number of nitrogens with zero attached hydrogens (tertiary/aromatic N) is 2. The Labute approximate surface area is 132 Å². The van der Waals surface area contributed by atoms with Crippen LogP contribution >= 0.6 is 0 Å². The van der Waals surface area contributed by atoms with Gasteiger partial charge in [-0.15, -0.1) is 0 Å². The van der Waals surface area contributed by atoms with Gasteiger partial charge in [-0.2, -0.15) is 0 Å². The minimum atomic E-state index is -1.07. The number of hydrogen-bond acceptors (Lipinski definition) is 5. The number of hydrogen-bond donors (Lipinski definition) is 1. The number of carbonyl (C=O) groups excluding carboxylic acids is 1. The number of nitro groups is 1. The third-order valence-corrected chi connectivity index (χ3v) is 3.16. The van der Waals surface area contributed by atoms with Gasteiger partial charge in [0.2, 0.25) is 6.54 Å². The lowest BCUT2D eigenvalue weighted by molar-refractivity contribution is -0.491. The number of benzene rings is 2. The van der Waals surface area contributed by atoms with Crippen LogP contribution in [0.25, 0.3) is 0 Å². The lowest BCUT2D eigenvalue weighted by atomic mass is 10.1. The summed E-state index contributed by atoms with van der Waals surface area (Å²) in [5, 5.41) is 21.2. The first kappa shape index (κ1) is 16.4. The predicted molar refractivity (Wildman–Crippen MR) is 81.6 cm³/mol. The number of ether oxygens (including phenoxy) is 1. The van der Waals surface area contributed by atoms with Crippen LogP contribution in [-0.2, 0) is 4.79 Å². The summed E-state index contributed by atoms with van der Waals surface area (Å²) >= 11 is 0. The van der Waals surface area contributed by atoms with Crippen LogP contribution in [0.4, 0.5) is 0 Å². The summed E-state index contributed by atoms with van der Waals surface area (Å²) in [6, 6.07) is 15.9. The van der Waals surface area contributed by atoms with Crippen LogP contribution in [0.2, 0.25) is 0 Å². The largest absolute Gasteiger partial charge is 0.484 e. The molecule has 2 rings (SSSR count). The predicted octanol–water partition coefficient (Wildman–Crippen LogP) is 2.30. The lowest BCUT2D eigenvalue weighted by Gasteiger charge is -2.23. The van der Waals surface area contributed by atoms with Crippen molar-refractivity contribution < 1.29 is 19.7 Å². The van der Waals surface area contributed by atoms with Crippen LogP contribution < -0.4 is 4.74 Å². The molecule has 7 nitrogen and oxygen atoms in total. The smallest absolute Gasteiger partial charge is 0.284 e. The van der Waals surface area contributed by atoms with E-state index in [1.54, 1.807) is 60.7 Å². The van der Waals surface area contributed by atoms with E-state index in [1.807, 2.05) is 0 Å². The highest BCUT2D eigenvalue weighted by atomic mass is 16.6. The molecule has 0 aromatic heterocycles. The van der Waals surface area contributed by atoms with E-state index >= 15 is 0 Å². The van der Waals surface area contributed by atoms with Gasteiger partial charge < -0.3 is 4.74 Å². The second-order valence-electron chi connectivity index (χ2n) is 4.78. The molecule has 2 aromatic carbocycles. The third-order valence-electron chi connectivity index (χ3n) is 3.16. The van der Waals surface area contributed by atoms with Crippen molar-refractivity contribution in [1.82, 2.24) is 5.06 Å². The molecule has 0 aliphatic heterocycles. The number of para-hydroxylation sites is 1. The van der Waals surface area contributed by atoms with E-state index < -0.39 is 30.0 Å². The lowest BCUT2D eigenvalue weighted by Crippen LogP contribution is -2.38. The molecule has 0 heterocycles. The van der Waals surface area contributed by atoms with Crippen molar-refractivity contribution in [2.75, 3.05) is 13.2 Å². The summed E-state index contributed by atoms with van der Waals surface area (Å²) in [6.45, 7) is -1.01. The van der Waals surface area contributed by atoms with Crippen LogP contribution in [0.1, 0.15) is 11.6 Å². The summed E-state index contributed by atoms with van der Waals surface area (Å²) in [5.41, 5.74) is 0.472. The van der Waals surface area contributed by atoms with E-state index in [0.29, 0.717) is 16.4 Å². The SMILES string of the molecule is O=C(COc1ccccc1)N(O)[C@@H](C[N+](=O)[O-])c1ccccc1. The molecule has 0 radical (unpaired) electrons. The molecule has 0 saturated heterocycles. The van der Waals surface area contributed by atoms with Crippen molar-refractivity contribution in [3.05, 3.63) is 76.3 Å². The molecule has 1 atom stereocenters. The van der Waals surface area contributed by atoms with Crippen LogP contribution in [-0.4, -0.2) is 34.3 Å².